The van der Waals surface area contributed by atoms with E-state index in [0.717, 1.165) is 36.3 Å². The van der Waals surface area contributed by atoms with Gasteiger partial charge in [0.15, 0.2) is 0 Å². The highest BCUT2D eigenvalue weighted by atomic mass is 32.1. The molecule has 6 heteroatoms. The monoisotopic (exact) mass is 303 g/mol. The summed E-state index contributed by atoms with van der Waals surface area (Å²) >= 11 is 1.72. The van der Waals surface area contributed by atoms with Crippen molar-refractivity contribution in [3.8, 4) is 0 Å². The quantitative estimate of drug-likeness (QED) is 0.872. The van der Waals surface area contributed by atoms with Crippen molar-refractivity contribution in [3.63, 3.8) is 0 Å². The SMILES string of the molecule is Cc1cnccc1N1CCN(c2nnc(C(C)C)s2)CC1. The van der Waals surface area contributed by atoms with Gasteiger partial charge in [-0.05, 0) is 18.6 Å². The van der Waals surface area contributed by atoms with Crippen LogP contribution in [0.5, 0.6) is 0 Å². The summed E-state index contributed by atoms with van der Waals surface area (Å²) in [6.45, 7) is 10.5. The average Bonchev–Trinajstić information content (AvgIpc) is 2.98. The standard InChI is InChI=1S/C15H21N5S/c1-11(2)14-17-18-15(21-14)20-8-6-19(7-9-20)13-4-5-16-10-12(13)3/h4-5,10-11H,6-9H2,1-3H3. The van der Waals surface area contributed by atoms with Gasteiger partial charge in [0, 0.05) is 50.2 Å². The molecule has 0 bridgehead atoms. The van der Waals surface area contributed by atoms with E-state index < -0.39 is 0 Å². The third-order valence-electron chi connectivity index (χ3n) is 3.81. The Bertz CT molecular complexity index is 602. The van der Waals surface area contributed by atoms with Crippen molar-refractivity contribution >= 4 is 22.2 Å². The highest BCUT2D eigenvalue weighted by Gasteiger charge is 2.21. The van der Waals surface area contributed by atoms with Crippen LogP contribution in [-0.4, -0.2) is 41.4 Å². The van der Waals surface area contributed by atoms with Crippen molar-refractivity contribution in [1.82, 2.24) is 15.2 Å². The second-order valence-electron chi connectivity index (χ2n) is 5.71. The van der Waals surface area contributed by atoms with Gasteiger partial charge in [-0.15, -0.1) is 10.2 Å². The van der Waals surface area contributed by atoms with Crippen molar-refractivity contribution in [3.05, 3.63) is 29.0 Å². The fourth-order valence-electron chi connectivity index (χ4n) is 2.55. The summed E-state index contributed by atoms with van der Waals surface area (Å²) in [5, 5.41) is 10.8. The lowest BCUT2D eigenvalue weighted by molar-refractivity contribution is 0.647. The van der Waals surface area contributed by atoms with E-state index in [2.05, 4.69) is 51.8 Å². The van der Waals surface area contributed by atoms with Gasteiger partial charge in [-0.1, -0.05) is 25.2 Å². The van der Waals surface area contributed by atoms with Gasteiger partial charge in [-0.2, -0.15) is 0 Å². The second-order valence-corrected chi connectivity index (χ2v) is 6.70. The van der Waals surface area contributed by atoms with Crippen LogP contribution in [0.3, 0.4) is 0 Å². The first-order valence-corrected chi connectivity index (χ1v) is 8.20. The van der Waals surface area contributed by atoms with Crippen molar-refractivity contribution in [2.45, 2.75) is 26.7 Å². The number of pyridine rings is 1. The summed E-state index contributed by atoms with van der Waals surface area (Å²) in [6.07, 6.45) is 3.80. The molecule has 0 radical (unpaired) electrons. The number of hydrogen-bond donors (Lipinski definition) is 0. The van der Waals surface area contributed by atoms with Gasteiger partial charge in [0.2, 0.25) is 5.13 Å². The van der Waals surface area contributed by atoms with Crippen LogP contribution >= 0.6 is 11.3 Å². The molecule has 2 aromatic rings. The molecule has 1 fully saturated rings. The first-order chi connectivity index (χ1) is 10.1. The van der Waals surface area contributed by atoms with Crippen molar-refractivity contribution in [2.75, 3.05) is 36.0 Å². The zero-order chi connectivity index (χ0) is 14.8. The molecule has 3 rings (SSSR count). The molecule has 21 heavy (non-hydrogen) atoms. The van der Waals surface area contributed by atoms with Gasteiger partial charge >= 0.3 is 0 Å². The summed E-state index contributed by atoms with van der Waals surface area (Å²) in [4.78, 5) is 8.94. The molecule has 3 heterocycles. The summed E-state index contributed by atoms with van der Waals surface area (Å²) in [5.74, 6) is 0.456. The van der Waals surface area contributed by atoms with E-state index in [0.29, 0.717) is 5.92 Å². The Balaban J connectivity index is 1.66. The fraction of sp³-hybridized carbons (Fsp3) is 0.533. The molecular formula is C15H21N5S. The van der Waals surface area contributed by atoms with E-state index in [4.69, 9.17) is 0 Å². The maximum absolute atomic E-state index is 4.34. The average molecular weight is 303 g/mol. The number of hydrogen-bond acceptors (Lipinski definition) is 6. The lowest BCUT2D eigenvalue weighted by Crippen LogP contribution is -2.46. The van der Waals surface area contributed by atoms with Crippen LogP contribution in [0.15, 0.2) is 18.5 Å². The molecule has 0 amide bonds. The number of rotatable bonds is 3. The van der Waals surface area contributed by atoms with Crippen LogP contribution in [0, 0.1) is 6.92 Å². The molecule has 112 valence electrons. The van der Waals surface area contributed by atoms with Gasteiger partial charge in [0.1, 0.15) is 5.01 Å². The normalized spacial score (nSPS) is 15.8. The number of nitrogens with zero attached hydrogens (tertiary/aromatic N) is 5. The van der Waals surface area contributed by atoms with Crippen LogP contribution in [0.2, 0.25) is 0 Å². The Morgan fingerprint density at radius 3 is 2.43 bits per heavy atom. The largest absolute Gasteiger partial charge is 0.368 e. The number of aromatic nitrogens is 3. The van der Waals surface area contributed by atoms with E-state index in [-0.39, 0.29) is 0 Å². The number of anilines is 2. The van der Waals surface area contributed by atoms with Crippen LogP contribution in [0.25, 0.3) is 0 Å². The maximum atomic E-state index is 4.34. The Labute approximate surface area is 129 Å². The minimum atomic E-state index is 0.456. The van der Waals surface area contributed by atoms with Gasteiger partial charge in [0.05, 0.1) is 0 Å². The van der Waals surface area contributed by atoms with E-state index in [1.807, 2.05) is 12.4 Å². The topological polar surface area (TPSA) is 45.2 Å². The predicted octanol–water partition coefficient (Wildman–Crippen LogP) is 2.69. The zero-order valence-electron chi connectivity index (χ0n) is 12.8. The molecule has 1 saturated heterocycles. The molecule has 0 unspecified atom stereocenters. The van der Waals surface area contributed by atoms with Crippen molar-refractivity contribution < 1.29 is 0 Å². The molecule has 1 aliphatic rings. The molecule has 0 atom stereocenters. The van der Waals surface area contributed by atoms with Gasteiger partial charge in [0.25, 0.3) is 0 Å². The van der Waals surface area contributed by atoms with Crippen molar-refractivity contribution in [2.24, 2.45) is 0 Å². The lowest BCUT2D eigenvalue weighted by Gasteiger charge is -2.36. The summed E-state index contributed by atoms with van der Waals surface area (Å²) < 4.78 is 0. The van der Waals surface area contributed by atoms with Crippen LogP contribution in [0.4, 0.5) is 10.8 Å². The number of piperazine rings is 1. The second kappa shape index (κ2) is 5.97. The molecule has 0 aromatic carbocycles. The Kier molecular flexibility index (Phi) is 4.05. The minimum Gasteiger partial charge on any atom is -0.368 e. The summed E-state index contributed by atoms with van der Waals surface area (Å²) in [6, 6.07) is 2.10. The van der Waals surface area contributed by atoms with E-state index in [1.165, 1.54) is 11.3 Å². The first kappa shape index (κ1) is 14.3. The summed E-state index contributed by atoms with van der Waals surface area (Å²) in [7, 11) is 0. The third-order valence-corrected chi connectivity index (χ3v) is 5.09. The highest BCUT2D eigenvalue weighted by molar-refractivity contribution is 7.15. The maximum Gasteiger partial charge on any atom is 0.208 e. The molecular weight excluding hydrogens is 282 g/mol. The smallest absolute Gasteiger partial charge is 0.208 e. The van der Waals surface area contributed by atoms with E-state index in [1.54, 1.807) is 11.3 Å². The highest BCUT2D eigenvalue weighted by Crippen LogP contribution is 2.27. The van der Waals surface area contributed by atoms with Gasteiger partial charge < -0.3 is 9.80 Å². The fourth-order valence-corrected chi connectivity index (χ4v) is 3.44. The Morgan fingerprint density at radius 2 is 1.81 bits per heavy atom. The van der Waals surface area contributed by atoms with Crippen LogP contribution < -0.4 is 9.80 Å². The zero-order valence-corrected chi connectivity index (χ0v) is 13.6. The Hall–Kier alpha value is -1.69. The predicted molar refractivity (Wildman–Crippen MR) is 87.4 cm³/mol. The van der Waals surface area contributed by atoms with Crippen LogP contribution in [-0.2, 0) is 0 Å². The molecule has 5 nitrogen and oxygen atoms in total. The van der Waals surface area contributed by atoms with Crippen LogP contribution in [0.1, 0.15) is 30.3 Å². The van der Waals surface area contributed by atoms with E-state index >= 15 is 0 Å². The number of aryl methyl sites for hydroxylation is 1. The molecule has 0 aliphatic carbocycles. The van der Waals surface area contributed by atoms with E-state index in [9.17, 15) is 0 Å². The molecule has 2 aromatic heterocycles. The van der Waals surface area contributed by atoms with Gasteiger partial charge in [-0.3, -0.25) is 4.98 Å². The summed E-state index contributed by atoms with van der Waals surface area (Å²) in [5.41, 5.74) is 2.54. The first-order valence-electron chi connectivity index (χ1n) is 7.39. The van der Waals surface area contributed by atoms with Gasteiger partial charge in [-0.25, -0.2) is 0 Å². The minimum absolute atomic E-state index is 0.456. The lowest BCUT2D eigenvalue weighted by atomic mass is 10.2. The molecule has 1 aliphatic heterocycles. The molecule has 0 saturated carbocycles. The Morgan fingerprint density at radius 1 is 1.10 bits per heavy atom. The molecule has 0 spiro atoms. The third kappa shape index (κ3) is 3.00. The van der Waals surface area contributed by atoms with Crippen molar-refractivity contribution in [1.29, 1.82) is 0 Å². The molecule has 0 N–H and O–H groups in total.